The minimum absolute atomic E-state index is 0.711. The van der Waals surface area contributed by atoms with Gasteiger partial charge in [-0.05, 0) is 12.3 Å². The second kappa shape index (κ2) is 3.40. The minimum Gasteiger partial charge on any atom is -0.387 e. The molecule has 0 spiro atoms. The van der Waals surface area contributed by atoms with Crippen LogP contribution in [0.4, 0.5) is 0 Å². The fourth-order valence-corrected chi connectivity index (χ4v) is 1.14. The Morgan fingerprint density at radius 3 is 3.30 bits per heavy atom. The van der Waals surface area contributed by atoms with Crippen LogP contribution in [0.15, 0.2) is 17.3 Å². The monoisotopic (exact) mass is 138 g/mol. The first-order valence-corrected chi connectivity index (χ1v) is 3.80. The van der Waals surface area contributed by atoms with Gasteiger partial charge in [0.05, 0.1) is 5.84 Å². The van der Waals surface area contributed by atoms with E-state index in [9.17, 15) is 0 Å². The SMILES string of the molecule is CCC1CC=CN=C(N)C1. The second-order valence-electron chi connectivity index (χ2n) is 2.72. The molecule has 2 heteroatoms. The third kappa shape index (κ3) is 1.87. The van der Waals surface area contributed by atoms with Crippen LogP contribution in [-0.4, -0.2) is 5.84 Å². The van der Waals surface area contributed by atoms with Crippen molar-refractivity contribution < 1.29 is 0 Å². The molecule has 1 atom stereocenters. The largest absolute Gasteiger partial charge is 0.387 e. The van der Waals surface area contributed by atoms with Crippen LogP contribution in [0.5, 0.6) is 0 Å². The molecule has 0 amide bonds. The molecule has 0 aromatic heterocycles. The molecule has 1 aliphatic rings. The first-order valence-electron chi connectivity index (χ1n) is 3.80. The van der Waals surface area contributed by atoms with Gasteiger partial charge in [-0.25, -0.2) is 4.99 Å². The Balaban J connectivity index is 2.53. The van der Waals surface area contributed by atoms with Crippen LogP contribution in [0.2, 0.25) is 0 Å². The van der Waals surface area contributed by atoms with Gasteiger partial charge < -0.3 is 5.73 Å². The summed E-state index contributed by atoms with van der Waals surface area (Å²) in [5.41, 5.74) is 5.60. The fourth-order valence-electron chi connectivity index (χ4n) is 1.14. The summed E-state index contributed by atoms with van der Waals surface area (Å²) in [5.74, 6) is 1.49. The van der Waals surface area contributed by atoms with Crippen molar-refractivity contribution in [2.75, 3.05) is 0 Å². The molecule has 1 heterocycles. The molecular weight excluding hydrogens is 124 g/mol. The van der Waals surface area contributed by atoms with E-state index < -0.39 is 0 Å². The molecule has 10 heavy (non-hydrogen) atoms. The number of amidine groups is 1. The predicted octanol–water partition coefficient (Wildman–Crippen LogP) is 1.68. The van der Waals surface area contributed by atoms with Gasteiger partial charge in [-0.3, -0.25) is 0 Å². The van der Waals surface area contributed by atoms with Crippen molar-refractivity contribution in [3.8, 4) is 0 Å². The molecule has 2 nitrogen and oxygen atoms in total. The maximum atomic E-state index is 5.60. The number of hydrogen-bond acceptors (Lipinski definition) is 2. The van der Waals surface area contributed by atoms with Gasteiger partial charge >= 0.3 is 0 Å². The van der Waals surface area contributed by atoms with Crippen LogP contribution in [0.25, 0.3) is 0 Å². The van der Waals surface area contributed by atoms with Gasteiger partial charge in [0.2, 0.25) is 0 Å². The van der Waals surface area contributed by atoms with Crippen molar-refractivity contribution in [1.82, 2.24) is 0 Å². The van der Waals surface area contributed by atoms with Crippen molar-refractivity contribution >= 4 is 5.84 Å². The van der Waals surface area contributed by atoms with Crippen LogP contribution in [-0.2, 0) is 0 Å². The molecule has 0 aromatic rings. The number of hydrogen-bond donors (Lipinski definition) is 1. The summed E-state index contributed by atoms with van der Waals surface area (Å²) in [6.07, 6.45) is 7.18. The highest BCUT2D eigenvalue weighted by Crippen LogP contribution is 2.15. The molecule has 0 aromatic carbocycles. The van der Waals surface area contributed by atoms with E-state index in [0.29, 0.717) is 5.92 Å². The quantitative estimate of drug-likeness (QED) is 0.588. The lowest BCUT2D eigenvalue weighted by Gasteiger charge is -2.08. The number of rotatable bonds is 1. The molecule has 1 rings (SSSR count). The first kappa shape index (κ1) is 7.32. The summed E-state index contributed by atoms with van der Waals surface area (Å²) >= 11 is 0. The van der Waals surface area contributed by atoms with Gasteiger partial charge in [-0.2, -0.15) is 0 Å². The maximum absolute atomic E-state index is 5.60. The Morgan fingerprint density at radius 1 is 1.80 bits per heavy atom. The van der Waals surface area contributed by atoms with E-state index in [0.717, 1.165) is 18.7 Å². The number of nitrogens with zero attached hydrogens (tertiary/aromatic N) is 1. The highest BCUT2D eigenvalue weighted by atomic mass is 14.8. The third-order valence-corrected chi connectivity index (χ3v) is 1.89. The zero-order chi connectivity index (χ0) is 7.40. The molecule has 0 bridgehead atoms. The summed E-state index contributed by atoms with van der Waals surface area (Å²) in [6, 6.07) is 0. The zero-order valence-electron chi connectivity index (χ0n) is 6.38. The predicted molar refractivity (Wildman–Crippen MR) is 43.8 cm³/mol. The second-order valence-corrected chi connectivity index (χ2v) is 2.72. The Kier molecular flexibility index (Phi) is 2.49. The van der Waals surface area contributed by atoms with Crippen molar-refractivity contribution in [1.29, 1.82) is 0 Å². The van der Waals surface area contributed by atoms with Gasteiger partial charge in [0, 0.05) is 12.6 Å². The van der Waals surface area contributed by atoms with Crippen molar-refractivity contribution in [3.63, 3.8) is 0 Å². The van der Waals surface area contributed by atoms with E-state index in [-0.39, 0.29) is 0 Å². The summed E-state index contributed by atoms with van der Waals surface area (Å²) in [5, 5.41) is 0. The summed E-state index contributed by atoms with van der Waals surface area (Å²) < 4.78 is 0. The van der Waals surface area contributed by atoms with E-state index in [2.05, 4.69) is 18.0 Å². The topological polar surface area (TPSA) is 38.4 Å². The molecule has 0 saturated carbocycles. The summed E-state index contributed by atoms with van der Waals surface area (Å²) in [6.45, 7) is 2.19. The Hall–Kier alpha value is -0.790. The molecule has 1 unspecified atom stereocenters. The Morgan fingerprint density at radius 2 is 2.60 bits per heavy atom. The average molecular weight is 138 g/mol. The smallest absolute Gasteiger partial charge is 0.0991 e. The van der Waals surface area contributed by atoms with Gasteiger partial charge in [0.1, 0.15) is 0 Å². The van der Waals surface area contributed by atoms with Crippen molar-refractivity contribution in [2.45, 2.75) is 26.2 Å². The fraction of sp³-hybridized carbons (Fsp3) is 0.625. The van der Waals surface area contributed by atoms with Crippen LogP contribution in [0.1, 0.15) is 26.2 Å². The molecule has 0 radical (unpaired) electrons. The lowest BCUT2D eigenvalue weighted by Crippen LogP contribution is -2.14. The lowest BCUT2D eigenvalue weighted by molar-refractivity contribution is 0.539. The average Bonchev–Trinajstić information content (AvgIpc) is 2.13. The van der Waals surface area contributed by atoms with Crippen LogP contribution < -0.4 is 5.73 Å². The van der Waals surface area contributed by atoms with E-state index in [1.54, 1.807) is 0 Å². The Labute approximate surface area is 61.8 Å². The van der Waals surface area contributed by atoms with E-state index in [1.807, 2.05) is 6.20 Å². The molecule has 0 fully saturated rings. The van der Waals surface area contributed by atoms with E-state index >= 15 is 0 Å². The molecular formula is C8H14N2. The highest BCUT2D eigenvalue weighted by Gasteiger charge is 2.07. The van der Waals surface area contributed by atoms with Gasteiger partial charge in [0.25, 0.3) is 0 Å². The van der Waals surface area contributed by atoms with E-state index in [4.69, 9.17) is 5.73 Å². The first-order chi connectivity index (χ1) is 4.83. The third-order valence-electron chi connectivity index (χ3n) is 1.89. The highest BCUT2D eigenvalue weighted by molar-refractivity contribution is 5.81. The van der Waals surface area contributed by atoms with Gasteiger partial charge in [0.15, 0.2) is 0 Å². The maximum Gasteiger partial charge on any atom is 0.0991 e. The molecule has 1 aliphatic heterocycles. The van der Waals surface area contributed by atoms with Crippen LogP contribution >= 0.6 is 0 Å². The van der Waals surface area contributed by atoms with E-state index in [1.165, 1.54) is 6.42 Å². The Bertz CT molecular complexity index is 159. The zero-order valence-corrected chi connectivity index (χ0v) is 6.38. The van der Waals surface area contributed by atoms with Crippen molar-refractivity contribution in [2.24, 2.45) is 16.6 Å². The summed E-state index contributed by atoms with van der Waals surface area (Å²) in [7, 11) is 0. The molecule has 56 valence electrons. The van der Waals surface area contributed by atoms with Gasteiger partial charge in [-0.15, -0.1) is 0 Å². The molecule has 0 saturated heterocycles. The molecule has 2 N–H and O–H groups in total. The molecule has 0 aliphatic carbocycles. The minimum atomic E-state index is 0.711. The van der Waals surface area contributed by atoms with Crippen LogP contribution in [0.3, 0.4) is 0 Å². The lowest BCUT2D eigenvalue weighted by atomic mass is 9.99. The van der Waals surface area contributed by atoms with Crippen LogP contribution in [0, 0.1) is 5.92 Å². The van der Waals surface area contributed by atoms with Gasteiger partial charge in [-0.1, -0.05) is 19.4 Å². The summed E-state index contributed by atoms with van der Waals surface area (Å²) in [4.78, 5) is 4.04. The van der Waals surface area contributed by atoms with Crippen molar-refractivity contribution in [3.05, 3.63) is 12.3 Å². The number of allylic oxidation sites excluding steroid dienone is 1. The normalized spacial score (nSPS) is 25.7. The number of aliphatic imine (C=N–C) groups is 1. The standard InChI is InChI=1S/C8H14N2/c1-2-7-4-3-5-10-8(9)6-7/h3,5,7H,2,4,6H2,1H3,(H2,9,10). The number of nitrogens with two attached hydrogens (primary N) is 1.